The second kappa shape index (κ2) is 6.58. The van der Waals surface area contributed by atoms with Gasteiger partial charge in [-0.15, -0.1) is 0 Å². The molecule has 1 unspecified atom stereocenters. The van der Waals surface area contributed by atoms with Crippen LogP contribution < -0.4 is 10.2 Å². The van der Waals surface area contributed by atoms with Gasteiger partial charge < -0.3 is 19.7 Å². The SMILES string of the molecule is COc1ccc(CN2CCN(C)C(C)C2)cc1B(O)O. The van der Waals surface area contributed by atoms with E-state index in [2.05, 4.69) is 23.8 Å². The van der Waals surface area contributed by atoms with Gasteiger partial charge in [-0.25, -0.2) is 0 Å². The second-order valence-corrected chi connectivity index (χ2v) is 5.51. The molecule has 5 nitrogen and oxygen atoms in total. The van der Waals surface area contributed by atoms with E-state index >= 15 is 0 Å². The van der Waals surface area contributed by atoms with E-state index in [0.717, 1.165) is 31.7 Å². The van der Waals surface area contributed by atoms with Gasteiger partial charge in [-0.05, 0) is 25.6 Å². The minimum absolute atomic E-state index is 0.423. The minimum Gasteiger partial charge on any atom is -0.497 e. The normalized spacial score (nSPS) is 20.9. The highest BCUT2D eigenvalue weighted by atomic mass is 16.5. The van der Waals surface area contributed by atoms with Gasteiger partial charge in [0.1, 0.15) is 5.75 Å². The van der Waals surface area contributed by atoms with Crippen LogP contribution in [0.25, 0.3) is 0 Å². The Kier molecular flexibility index (Phi) is 5.04. The third kappa shape index (κ3) is 3.52. The Hall–Kier alpha value is -1.08. The summed E-state index contributed by atoms with van der Waals surface area (Å²) in [5.74, 6) is 0.510. The number of likely N-dealkylation sites (N-methyl/N-ethyl adjacent to an activating group) is 1. The molecular weight excluding hydrogens is 255 g/mol. The van der Waals surface area contributed by atoms with E-state index in [9.17, 15) is 10.0 Å². The fourth-order valence-corrected chi connectivity index (χ4v) is 2.61. The summed E-state index contributed by atoms with van der Waals surface area (Å²) in [4.78, 5) is 4.74. The van der Waals surface area contributed by atoms with E-state index in [1.54, 1.807) is 6.07 Å². The maximum atomic E-state index is 9.40. The molecule has 20 heavy (non-hydrogen) atoms. The standard InChI is InChI=1S/C14H23BN2O3/c1-11-9-17(7-6-16(11)2)10-12-4-5-14(20-3)13(8-12)15(18)19/h4-5,8,11,18-19H,6-7,9-10H2,1-3H3. The molecule has 110 valence electrons. The first-order chi connectivity index (χ1) is 9.51. The highest BCUT2D eigenvalue weighted by Gasteiger charge is 2.22. The number of ether oxygens (including phenoxy) is 1. The number of piperazine rings is 1. The molecule has 1 aromatic carbocycles. The quantitative estimate of drug-likeness (QED) is 0.728. The van der Waals surface area contributed by atoms with Crippen molar-refractivity contribution in [2.45, 2.75) is 19.5 Å². The molecule has 0 aromatic heterocycles. The van der Waals surface area contributed by atoms with Gasteiger partial charge in [-0.3, -0.25) is 4.90 Å². The molecule has 1 aromatic rings. The summed E-state index contributed by atoms with van der Waals surface area (Å²) in [5, 5.41) is 18.8. The highest BCUT2D eigenvalue weighted by molar-refractivity contribution is 6.59. The average Bonchev–Trinajstić information content (AvgIpc) is 2.43. The summed E-state index contributed by atoms with van der Waals surface area (Å²) >= 11 is 0. The number of rotatable bonds is 4. The van der Waals surface area contributed by atoms with Gasteiger partial charge in [-0.2, -0.15) is 0 Å². The van der Waals surface area contributed by atoms with Gasteiger partial charge in [0.2, 0.25) is 0 Å². The van der Waals surface area contributed by atoms with Crippen molar-refractivity contribution in [3.05, 3.63) is 23.8 Å². The monoisotopic (exact) mass is 278 g/mol. The highest BCUT2D eigenvalue weighted by Crippen LogP contribution is 2.14. The van der Waals surface area contributed by atoms with Gasteiger partial charge in [0.05, 0.1) is 7.11 Å². The number of nitrogens with zero attached hydrogens (tertiary/aromatic N) is 2. The third-order valence-electron chi connectivity index (χ3n) is 4.02. The fraction of sp³-hybridized carbons (Fsp3) is 0.571. The lowest BCUT2D eigenvalue weighted by Crippen LogP contribution is -2.49. The van der Waals surface area contributed by atoms with Crippen LogP contribution >= 0.6 is 0 Å². The summed E-state index contributed by atoms with van der Waals surface area (Å²) in [6, 6.07) is 6.13. The Morgan fingerprint density at radius 1 is 1.35 bits per heavy atom. The maximum Gasteiger partial charge on any atom is 0.492 e. The summed E-state index contributed by atoms with van der Waals surface area (Å²) < 4.78 is 5.14. The Morgan fingerprint density at radius 2 is 2.10 bits per heavy atom. The van der Waals surface area contributed by atoms with Crippen LogP contribution in [0.4, 0.5) is 0 Å². The number of benzene rings is 1. The van der Waals surface area contributed by atoms with E-state index in [4.69, 9.17) is 4.74 Å². The lowest BCUT2D eigenvalue weighted by molar-refractivity contribution is 0.1000. The molecule has 2 rings (SSSR count). The molecule has 1 fully saturated rings. The zero-order valence-corrected chi connectivity index (χ0v) is 12.4. The molecule has 1 atom stereocenters. The van der Waals surface area contributed by atoms with Crippen molar-refractivity contribution in [1.29, 1.82) is 0 Å². The predicted octanol–water partition coefficient (Wildman–Crippen LogP) is -0.489. The molecular formula is C14H23BN2O3. The van der Waals surface area contributed by atoms with Crippen LogP contribution in [0.1, 0.15) is 12.5 Å². The molecule has 0 amide bonds. The number of methoxy groups -OCH3 is 1. The Morgan fingerprint density at radius 3 is 2.70 bits per heavy atom. The lowest BCUT2D eigenvalue weighted by Gasteiger charge is -2.37. The van der Waals surface area contributed by atoms with Crippen molar-refractivity contribution < 1.29 is 14.8 Å². The zero-order chi connectivity index (χ0) is 14.7. The molecule has 1 aliphatic heterocycles. The second-order valence-electron chi connectivity index (χ2n) is 5.51. The Bertz CT molecular complexity index is 456. The largest absolute Gasteiger partial charge is 0.497 e. The van der Waals surface area contributed by atoms with Crippen LogP contribution in [0.2, 0.25) is 0 Å². The van der Waals surface area contributed by atoms with Crippen LogP contribution in [0.15, 0.2) is 18.2 Å². The van der Waals surface area contributed by atoms with Gasteiger partial charge >= 0.3 is 7.12 Å². The summed E-state index contributed by atoms with van der Waals surface area (Å²) in [5.41, 5.74) is 1.50. The molecule has 1 aliphatic rings. The zero-order valence-electron chi connectivity index (χ0n) is 12.4. The van der Waals surface area contributed by atoms with Crippen LogP contribution in [0.5, 0.6) is 5.75 Å². The number of hydrogen-bond donors (Lipinski definition) is 2. The van der Waals surface area contributed by atoms with Crippen molar-refractivity contribution in [2.24, 2.45) is 0 Å². The molecule has 0 saturated carbocycles. The molecule has 0 spiro atoms. The van der Waals surface area contributed by atoms with Crippen molar-refractivity contribution in [2.75, 3.05) is 33.8 Å². The van der Waals surface area contributed by atoms with Crippen molar-refractivity contribution in [3.8, 4) is 5.75 Å². The van der Waals surface area contributed by atoms with Crippen LogP contribution in [0.3, 0.4) is 0 Å². The van der Waals surface area contributed by atoms with E-state index in [1.165, 1.54) is 7.11 Å². The summed E-state index contributed by atoms with van der Waals surface area (Å²) in [6.07, 6.45) is 0. The average molecular weight is 278 g/mol. The van der Waals surface area contributed by atoms with Crippen molar-refractivity contribution >= 4 is 12.6 Å². The minimum atomic E-state index is -1.50. The van der Waals surface area contributed by atoms with Crippen LogP contribution in [-0.2, 0) is 6.54 Å². The van der Waals surface area contributed by atoms with E-state index in [1.807, 2.05) is 12.1 Å². The van der Waals surface area contributed by atoms with Crippen LogP contribution in [-0.4, -0.2) is 66.8 Å². The number of hydrogen-bond acceptors (Lipinski definition) is 5. The molecule has 6 heteroatoms. The third-order valence-corrected chi connectivity index (χ3v) is 4.02. The molecule has 0 bridgehead atoms. The fourth-order valence-electron chi connectivity index (χ4n) is 2.61. The summed E-state index contributed by atoms with van der Waals surface area (Å²) in [6.45, 7) is 6.17. The van der Waals surface area contributed by atoms with Crippen molar-refractivity contribution in [1.82, 2.24) is 9.80 Å². The molecule has 2 N–H and O–H groups in total. The van der Waals surface area contributed by atoms with E-state index < -0.39 is 7.12 Å². The maximum absolute atomic E-state index is 9.40. The lowest BCUT2D eigenvalue weighted by atomic mass is 9.78. The van der Waals surface area contributed by atoms with Crippen LogP contribution in [0, 0.1) is 0 Å². The molecule has 0 radical (unpaired) electrons. The van der Waals surface area contributed by atoms with Crippen molar-refractivity contribution in [3.63, 3.8) is 0 Å². The predicted molar refractivity (Wildman–Crippen MR) is 80.2 cm³/mol. The van der Waals surface area contributed by atoms with Gasteiger partial charge in [0, 0.05) is 37.7 Å². The van der Waals surface area contributed by atoms with Gasteiger partial charge in [0.25, 0.3) is 0 Å². The van der Waals surface area contributed by atoms with E-state index in [0.29, 0.717) is 17.3 Å². The molecule has 1 saturated heterocycles. The molecule has 1 heterocycles. The smallest absolute Gasteiger partial charge is 0.492 e. The molecule has 0 aliphatic carbocycles. The first kappa shape index (κ1) is 15.3. The Labute approximate surface area is 120 Å². The topological polar surface area (TPSA) is 56.2 Å². The first-order valence-corrected chi connectivity index (χ1v) is 6.96. The van der Waals surface area contributed by atoms with Gasteiger partial charge in [-0.1, -0.05) is 12.1 Å². The summed E-state index contributed by atoms with van der Waals surface area (Å²) in [7, 11) is 2.18. The van der Waals surface area contributed by atoms with E-state index in [-0.39, 0.29) is 0 Å². The first-order valence-electron chi connectivity index (χ1n) is 6.96. The Balaban J connectivity index is 2.08. The van der Waals surface area contributed by atoms with Gasteiger partial charge in [0.15, 0.2) is 0 Å².